The average Bonchev–Trinajstić information content (AvgIpc) is 2.96. The summed E-state index contributed by atoms with van der Waals surface area (Å²) in [5.74, 6) is 0.150. The molecule has 3 heteroatoms. The monoisotopic (exact) mass is 285 g/mol. The Labute approximate surface area is 124 Å². The molecule has 2 aromatic rings. The average molecular weight is 285 g/mol. The Morgan fingerprint density at radius 1 is 1.30 bits per heavy atom. The summed E-state index contributed by atoms with van der Waals surface area (Å²) in [5, 5.41) is 2.13. The Morgan fingerprint density at radius 2 is 2.05 bits per heavy atom. The predicted molar refractivity (Wildman–Crippen MR) is 83.3 cm³/mol. The van der Waals surface area contributed by atoms with Gasteiger partial charge in [-0.1, -0.05) is 19.1 Å². The van der Waals surface area contributed by atoms with Crippen LogP contribution in [0.4, 0.5) is 0 Å². The predicted octanol–water partition coefficient (Wildman–Crippen LogP) is 4.07. The molecule has 1 aromatic carbocycles. The molecule has 2 heterocycles. The van der Waals surface area contributed by atoms with Crippen LogP contribution in [0.25, 0.3) is 0 Å². The van der Waals surface area contributed by atoms with Crippen molar-refractivity contribution in [1.82, 2.24) is 4.90 Å². The van der Waals surface area contributed by atoms with E-state index in [0.717, 1.165) is 24.9 Å². The highest BCUT2D eigenvalue weighted by molar-refractivity contribution is 7.10. The Balaban J connectivity index is 1.84. The molecule has 0 N–H and O–H groups in total. The molecule has 1 atom stereocenters. The van der Waals surface area contributed by atoms with Gasteiger partial charge in [-0.15, -0.1) is 11.3 Å². The molecule has 1 amide bonds. The molecule has 1 aliphatic rings. The molecule has 0 saturated carbocycles. The van der Waals surface area contributed by atoms with Gasteiger partial charge in [0.2, 0.25) is 0 Å². The van der Waals surface area contributed by atoms with Crippen LogP contribution in [0.15, 0.2) is 35.7 Å². The zero-order valence-corrected chi connectivity index (χ0v) is 12.7. The number of aryl methyl sites for hydroxylation is 1. The van der Waals surface area contributed by atoms with Crippen LogP contribution in [0.1, 0.15) is 46.3 Å². The van der Waals surface area contributed by atoms with E-state index >= 15 is 0 Å². The minimum absolute atomic E-state index is 0.150. The van der Waals surface area contributed by atoms with Crippen molar-refractivity contribution in [3.63, 3.8) is 0 Å². The van der Waals surface area contributed by atoms with Gasteiger partial charge in [0.25, 0.3) is 5.91 Å². The fourth-order valence-electron chi connectivity index (χ4n) is 2.84. The third-order valence-electron chi connectivity index (χ3n) is 4.15. The molecule has 0 saturated heterocycles. The number of amides is 1. The Bertz CT molecular complexity index is 614. The number of carbonyl (C=O) groups excluding carboxylic acids is 1. The maximum atomic E-state index is 12.7. The van der Waals surface area contributed by atoms with Crippen molar-refractivity contribution in [2.24, 2.45) is 0 Å². The van der Waals surface area contributed by atoms with Gasteiger partial charge in [-0.25, -0.2) is 0 Å². The van der Waals surface area contributed by atoms with E-state index in [4.69, 9.17) is 0 Å². The topological polar surface area (TPSA) is 20.3 Å². The Kier molecular flexibility index (Phi) is 3.62. The number of rotatable bonds is 2. The second kappa shape index (κ2) is 5.41. The van der Waals surface area contributed by atoms with Crippen molar-refractivity contribution in [3.8, 4) is 0 Å². The minimum atomic E-state index is 0.150. The number of benzene rings is 1. The van der Waals surface area contributed by atoms with Crippen LogP contribution < -0.4 is 0 Å². The van der Waals surface area contributed by atoms with Crippen molar-refractivity contribution in [2.45, 2.75) is 32.7 Å². The van der Waals surface area contributed by atoms with Gasteiger partial charge in [0.05, 0.1) is 6.04 Å². The largest absolute Gasteiger partial charge is 0.331 e. The molecule has 104 valence electrons. The standard InChI is InChI=1S/C17H19NOS/c1-3-13-4-6-14(7-5-13)17(19)18-10-8-16-15(12(18)2)9-11-20-16/h4-7,9,11-12H,3,8,10H2,1-2H3. The smallest absolute Gasteiger partial charge is 0.254 e. The SMILES string of the molecule is CCc1ccc(C(=O)N2CCc3sccc3C2C)cc1. The first kappa shape index (κ1) is 13.4. The van der Waals surface area contributed by atoms with Crippen molar-refractivity contribution < 1.29 is 4.79 Å². The third-order valence-corrected chi connectivity index (χ3v) is 5.14. The van der Waals surface area contributed by atoms with Gasteiger partial charge in [0.1, 0.15) is 0 Å². The number of hydrogen-bond donors (Lipinski definition) is 0. The second-order valence-electron chi connectivity index (χ2n) is 5.27. The lowest BCUT2D eigenvalue weighted by Gasteiger charge is -2.33. The van der Waals surface area contributed by atoms with E-state index in [2.05, 4.69) is 37.4 Å². The van der Waals surface area contributed by atoms with Gasteiger partial charge in [0.15, 0.2) is 0 Å². The number of fused-ring (bicyclic) bond motifs is 1. The van der Waals surface area contributed by atoms with Crippen molar-refractivity contribution in [3.05, 3.63) is 57.3 Å². The van der Waals surface area contributed by atoms with Crippen molar-refractivity contribution in [1.29, 1.82) is 0 Å². The third kappa shape index (κ3) is 2.27. The highest BCUT2D eigenvalue weighted by Crippen LogP contribution is 2.33. The summed E-state index contributed by atoms with van der Waals surface area (Å²) in [5.41, 5.74) is 3.39. The van der Waals surface area contributed by atoms with E-state index in [9.17, 15) is 4.79 Å². The second-order valence-corrected chi connectivity index (χ2v) is 6.27. The molecular formula is C17H19NOS. The fraction of sp³-hybridized carbons (Fsp3) is 0.353. The number of carbonyl (C=O) groups is 1. The summed E-state index contributed by atoms with van der Waals surface area (Å²) in [6.45, 7) is 5.08. The molecular weight excluding hydrogens is 266 g/mol. The summed E-state index contributed by atoms with van der Waals surface area (Å²) in [4.78, 5) is 16.1. The lowest BCUT2D eigenvalue weighted by molar-refractivity contribution is 0.0679. The number of thiophene rings is 1. The van der Waals surface area contributed by atoms with Gasteiger partial charge in [-0.2, -0.15) is 0 Å². The van der Waals surface area contributed by atoms with Gasteiger partial charge in [-0.3, -0.25) is 4.79 Å². The first-order valence-electron chi connectivity index (χ1n) is 7.17. The first-order valence-corrected chi connectivity index (χ1v) is 8.05. The maximum Gasteiger partial charge on any atom is 0.254 e. The Morgan fingerprint density at radius 3 is 2.75 bits per heavy atom. The van der Waals surface area contributed by atoms with Gasteiger partial charge in [0, 0.05) is 17.0 Å². The normalized spacial score (nSPS) is 17.9. The van der Waals surface area contributed by atoms with E-state index in [-0.39, 0.29) is 11.9 Å². The van der Waals surface area contributed by atoms with E-state index in [1.807, 2.05) is 17.0 Å². The zero-order valence-electron chi connectivity index (χ0n) is 11.9. The summed E-state index contributed by atoms with van der Waals surface area (Å²) in [7, 11) is 0. The van der Waals surface area contributed by atoms with Crippen LogP contribution in [-0.2, 0) is 12.8 Å². The van der Waals surface area contributed by atoms with Crippen LogP contribution in [0.2, 0.25) is 0 Å². The molecule has 0 aliphatic carbocycles. The van der Waals surface area contributed by atoms with E-state index in [1.54, 1.807) is 11.3 Å². The fourth-order valence-corrected chi connectivity index (χ4v) is 3.80. The number of nitrogens with zero attached hydrogens (tertiary/aromatic N) is 1. The molecule has 0 bridgehead atoms. The van der Waals surface area contributed by atoms with E-state index in [1.165, 1.54) is 16.0 Å². The lowest BCUT2D eigenvalue weighted by Crippen LogP contribution is -2.38. The van der Waals surface area contributed by atoms with Gasteiger partial charge >= 0.3 is 0 Å². The van der Waals surface area contributed by atoms with Gasteiger partial charge in [-0.05, 0) is 54.5 Å². The highest BCUT2D eigenvalue weighted by Gasteiger charge is 2.28. The molecule has 0 radical (unpaired) electrons. The molecule has 2 nitrogen and oxygen atoms in total. The van der Waals surface area contributed by atoms with Gasteiger partial charge < -0.3 is 4.90 Å². The highest BCUT2D eigenvalue weighted by atomic mass is 32.1. The molecule has 1 aliphatic heterocycles. The maximum absolute atomic E-state index is 12.7. The van der Waals surface area contributed by atoms with Crippen LogP contribution in [0, 0.1) is 0 Å². The van der Waals surface area contributed by atoms with Crippen LogP contribution in [0.3, 0.4) is 0 Å². The number of hydrogen-bond acceptors (Lipinski definition) is 2. The molecule has 20 heavy (non-hydrogen) atoms. The summed E-state index contributed by atoms with van der Waals surface area (Å²) < 4.78 is 0. The van der Waals surface area contributed by atoms with E-state index in [0.29, 0.717) is 0 Å². The van der Waals surface area contributed by atoms with E-state index < -0.39 is 0 Å². The van der Waals surface area contributed by atoms with Crippen LogP contribution in [0.5, 0.6) is 0 Å². The molecule has 3 rings (SSSR count). The summed E-state index contributed by atoms with van der Waals surface area (Å²) >= 11 is 1.81. The molecule has 1 unspecified atom stereocenters. The summed E-state index contributed by atoms with van der Waals surface area (Å²) in [6.07, 6.45) is 1.99. The minimum Gasteiger partial charge on any atom is -0.331 e. The first-order chi connectivity index (χ1) is 9.70. The lowest BCUT2D eigenvalue weighted by atomic mass is 10.00. The molecule has 1 aromatic heterocycles. The zero-order chi connectivity index (χ0) is 14.1. The summed E-state index contributed by atoms with van der Waals surface area (Å²) in [6, 6.07) is 10.4. The van der Waals surface area contributed by atoms with Crippen LogP contribution in [-0.4, -0.2) is 17.4 Å². The van der Waals surface area contributed by atoms with Crippen molar-refractivity contribution in [2.75, 3.05) is 6.54 Å². The quantitative estimate of drug-likeness (QED) is 0.814. The molecule has 0 fully saturated rings. The molecule has 0 spiro atoms. The Hall–Kier alpha value is -1.61. The van der Waals surface area contributed by atoms with Crippen LogP contribution >= 0.6 is 11.3 Å². The van der Waals surface area contributed by atoms with Crippen molar-refractivity contribution >= 4 is 17.2 Å².